The fraction of sp³-hybridized carbons (Fsp3) is 0.160. The molecule has 0 aliphatic rings. The molecule has 0 aliphatic heterocycles. The zero-order valence-electron chi connectivity index (χ0n) is 17.4. The van der Waals surface area contributed by atoms with Gasteiger partial charge in [-0.25, -0.2) is 4.39 Å². The highest BCUT2D eigenvalue weighted by Crippen LogP contribution is 2.17. The molecule has 3 aromatic carbocycles. The van der Waals surface area contributed by atoms with Crippen LogP contribution < -0.4 is 5.32 Å². The molecule has 1 heterocycles. The third-order valence-electron chi connectivity index (χ3n) is 4.88. The van der Waals surface area contributed by atoms with Crippen molar-refractivity contribution < 1.29 is 9.18 Å². The summed E-state index contributed by atoms with van der Waals surface area (Å²) < 4.78 is 13.0. The highest BCUT2D eigenvalue weighted by Gasteiger charge is 2.16. The maximum absolute atomic E-state index is 13.0. The summed E-state index contributed by atoms with van der Waals surface area (Å²) in [6.07, 6.45) is 0. The first-order chi connectivity index (χ1) is 15.7. The number of nitrogens with one attached hydrogen (secondary N) is 1. The number of rotatable bonds is 9. The van der Waals surface area contributed by atoms with E-state index in [1.54, 1.807) is 12.1 Å². The normalized spacial score (nSPS) is 10.9. The molecule has 0 spiro atoms. The van der Waals surface area contributed by atoms with Crippen LogP contribution in [0.25, 0.3) is 0 Å². The van der Waals surface area contributed by atoms with Gasteiger partial charge in [0.15, 0.2) is 0 Å². The molecule has 5 nitrogen and oxygen atoms in total. The summed E-state index contributed by atoms with van der Waals surface area (Å²) in [4.78, 5) is 14.8. The largest absolute Gasteiger partial charge is 0.346 e. The van der Waals surface area contributed by atoms with E-state index in [-0.39, 0.29) is 11.7 Å². The first kappa shape index (κ1) is 21.8. The number of hydrogen-bond acceptors (Lipinski definition) is 5. The highest BCUT2D eigenvalue weighted by atomic mass is 32.1. The molecule has 0 radical (unpaired) electrons. The molecule has 1 N–H and O–H groups in total. The number of aromatic nitrogens is 2. The molecule has 0 aliphatic carbocycles. The van der Waals surface area contributed by atoms with Crippen LogP contribution >= 0.6 is 11.3 Å². The van der Waals surface area contributed by atoms with Gasteiger partial charge in [0.1, 0.15) is 10.8 Å². The Morgan fingerprint density at radius 3 is 1.97 bits per heavy atom. The van der Waals surface area contributed by atoms with Crippen LogP contribution in [0.15, 0.2) is 84.9 Å². The number of benzene rings is 3. The minimum Gasteiger partial charge on any atom is -0.346 e. The van der Waals surface area contributed by atoms with Gasteiger partial charge in [-0.3, -0.25) is 9.69 Å². The van der Waals surface area contributed by atoms with Crippen LogP contribution in [0.3, 0.4) is 0 Å². The Balaban J connectivity index is 1.40. The van der Waals surface area contributed by atoms with Gasteiger partial charge in [-0.05, 0) is 28.8 Å². The second-order valence-corrected chi connectivity index (χ2v) is 8.49. The van der Waals surface area contributed by atoms with Crippen molar-refractivity contribution in [2.45, 2.75) is 26.2 Å². The summed E-state index contributed by atoms with van der Waals surface area (Å²) >= 11 is 1.29. The summed E-state index contributed by atoms with van der Waals surface area (Å²) in [6, 6.07) is 26.6. The molecule has 162 valence electrons. The van der Waals surface area contributed by atoms with E-state index in [0.717, 1.165) is 23.7 Å². The predicted octanol–water partition coefficient (Wildman–Crippen LogP) is 4.81. The molecule has 7 heteroatoms. The molecule has 0 atom stereocenters. The second-order valence-electron chi connectivity index (χ2n) is 7.43. The van der Waals surface area contributed by atoms with E-state index in [0.29, 0.717) is 18.1 Å². The lowest BCUT2D eigenvalue weighted by Crippen LogP contribution is -2.22. The number of nitrogens with zero attached hydrogens (tertiary/aromatic N) is 3. The van der Waals surface area contributed by atoms with Gasteiger partial charge in [-0.15, -0.1) is 10.2 Å². The quantitative estimate of drug-likeness (QED) is 0.401. The van der Waals surface area contributed by atoms with Gasteiger partial charge in [0.25, 0.3) is 5.91 Å². The Kier molecular flexibility index (Phi) is 7.32. The summed E-state index contributed by atoms with van der Waals surface area (Å²) in [5, 5.41) is 12.2. The zero-order valence-corrected chi connectivity index (χ0v) is 18.3. The lowest BCUT2D eigenvalue weighted by atomic mass is 10.1. The van der Waals surface area contributed by atoms with Crippen LogP contribution in [0.2, 0.25) is 0 Å². The van der Waals surface area contributed by atoms with Crippen molar-refractivity contribution >= 4 is 17.2 Å². The molecule has 0 saturated carbocycles. The molecule has 0 fully saturated rings. The van der Waals surface area contributed by atoms with E-state index in [9.17, 15) is 9.18 Å². The van der Waals surface area contributed by atoms with E-state index in [2.05, 4.69) is 44.7 Å². The Bertz CT molecular complexity index is 1090. The van der Waals surface area contributed by atoms with E-state index < -0.39 is 0 Å². The predicted molar refractivity (Wildman–Crippen MR) is 123 cm³/mol. The summed E-state index contributed by atoms with van der Waals surface area (Å²) in [7, 11) is 0. The molecule has 1 aromatic heterocycles. The average molecular weight is 447 g/mol. The fourth-order valence-electron chi connectivity index (χ4n) is 3.31. The van der Waals surface area contributed by atoms with Crippen molar-refractivity contribution in [2.75, 3.05) is 0 Å². The van der Waals surface area contributed by atoms with Gasteiger partial charge < -0.3 is 5.32 Å². The topological polar surface area (TPSA) is 58.1 Å². The third-order valence-corrected chi connectivity index (χ3v) is 5.79. The molecule has 4 aromatic rings. The number of amides is 1. The molecule has 0 bridgehead atoms. The van der Waals surface area contributed by atoms with Gasteiger partial charge in [-0.1, -0.05) is 84.1 Å². The Morgan fingerprint density at radius 2 is 1.38 bits per heavy atom. The Labute approximate surface area is 190 Å². The lowest BCUT2D eigenvalue weighted by Gasteiger charge is -2.21. The zero-order chi connectivity index (χ0) is 22.2. The summed E-state index contributed by atoms with van der Waals surface area (Å²) in [6.45, 7) is 2.43. The summed E-state index contributed by atoms with van der Waals surface area (Å²) in [5.74, 6) is -0.583. The minimum atomic E-state index is -0.301. The second kappa shape index (κ2) is 10.7. The van der Waals surface area contributed by atoms with E-state index in [4.69, 9.17) is 0 Å². The van der Waals surface area contributed by atoms with Crippen molar-refractivity contribution in [1.29, 1.82) is 0 Å². The Morgan fingerprint density at radius 1 is 0.781 bits per heavy atom. The van der Waals surface area contributed by atoms with Crippen molar-refractivity contribution in [1.82, 2.24) is 20.4 Å². The fourth-order valence-corrected chi connectivity index (χ4v) is 4.11. The standard InChI is InChI=1S/C25H23FN4OS/c26-22-13-11-19(12-14-22)15-27-24(31)25-29-28-23(32-25)18-30(16-20-7-3-1-4-8-20)17-21-9-5-2-6-10-21/h1-14H,15-18H2,(H,27,31). The van der Waals surface area contributed by atoms with Crippen LogP contribution in [0.1, 0.15) is 31.5 Å². The average Bonchev–Trinajstić information content (AvgIpc) is 3.28. The van der Waals surface area contributed by atoms with Gasteiger partial charge in [0, 0.05) is 19.6 Å². The molecule has 0 saturated heterocycles. The van der Waals surface area contributed by atoms with Gasteiger partial charge in [0.2, 0.25) is 5.01 Å². The van der Waals surface area contributed by atoms with Crippen molar-refractivity contribution in [3.8, 4) is 0 Å². The minimum absolute atomic E-state index is 0.282. The molecule has 32 heavy (non-hydrogen) atoms. The van der Waals surface area contributed by atoms with Crippen LogP contribution in [0, 0.1) is 5.82 Å². The highest BCUT2D eigenvalue weighted by molar-refractivity contribution is 7.13. The first-order valence-corrected chi connectivity index (χ1v) is 11.1. The number of carbonyl (C=O) groups is 1. The summed E-state index contributed by atoms with van der Waals surface area (Å²) in [5.41, 5.74) is 3.25. The lowest BCUT2D eigenvalue weighted by molar-refractivity contribution is 0.0950. The smallest absolute Gasteiger partial charge is 0.282 e. The maximum atomic E-state index is 13.0. The third kappa shape index (κ3) is 6.29. The molecule has 0 unspecified atom stereocenters. The van der Waals surface area contributed by atoms with Crippen molar-refractivity contribution in [3.63, 3.8) is 0 Å². The van der Waals surface area contributed by atoms with Crippen molar-refractivity contribution in [3.05, 3.63) is 117 Å². The van der Waals surface area contributed by atoms with Gasteiger partial charge in [0.05, 0.1) is 6.54 Å². The SMILES string of the molecule is O=C(NCc1ccc(F)cc1)c1nnc(CN(Cc2ccccc2)Cc2ccccc2)s1. The molecular weight excluding hydrogens is 423 g/mol. The van der Waals surface area contributed by atoms with Crippen molar-refractivity contribution in [2.24, 2.45) is 0 Å². The van der Waals surface area contributed by atoms with E-state index in [1.807, 2.05) is 36.4 Å². The van der Waals surface area contributed by atoms with Crippen LogP contribution in [-0.4, -0.2) is 21.0 Å². The van der Waals surface area contributed by atoms with Crippen LogP contribution in [0.5, 0.6) is 0 Å². The number of carbonyl (C=O) groups excluding carboxylic acids is 1. The van der Waals surface area contributed by atoms with Crippen LogP contribution in [-0.2, 0) is 26.2 Å². The molecule has 1 amide bonds. The first-order valence-electron chi connectivity index (χ1n) is 10.3. The molecule has 4 rings (SSSR count). The van der Waals surface area contributed by atoms with Gasteiger partial charge in [-0.2, -0.15) is 0 Å². The monoisotopic (exact) mass is 446 g/mol. The molecular formula is C25H23FN4OS. The van der Waals surface area contributed by atoms with E-state index in [1.165, 1.54) is 34.6 Å². The number of halogens is 1. The maximum Gasteiger partial charge on any atom is 0.282 e. The van der Waals surface area contributed by atoms with Crippen LogP contribution in [0.4, 0.5) is 4.39 Å². The Hall–Kier alpha value is -3.42. The van der Waals surface area contributed by atoms with Gasteiger partial charge >= 0.3 is 0 Å². The van der Waals surface area contributed by atoms with E-state index >= 15 is 0 Å². The number of hydrogen-bond donors (Lipinski definition) is 1.